The number of rotatable bonds is 2. The summed E-state index contributed by atoms with van der Waals surface area (Å²) in [4.78, 5) is 14.6. The molecule has 0 N–H and O–H groups in total. The van der Waals surface area contributed by atoms with Crippen LogP contribution in [-0.4, -0.2) is 28.7 Å². The van der Waals surface area contributed by atoms with Crippen molar-refractivity contribution in [3.05, 3.63) is 21.9 Å². The third-order valence-corrected chi connectivity index (χ3v) is 5.01. The van der Waals surface area contributed by atoms with Crippen molar-refractivity contribution < 1.29 is 4.79 Å². The summed E-state index contributed by atoms with van der Waals surface area (Å²) < 4.78 is 0. The first kappa shape index (κ1) is 13.1. The van der Waals surface area contributed by atoms with E-state index < -0.39 is 0 Å². The number of hydrogen-bond acceptors (Lipinski definition) is 2. The predicted octanol–water partition coefficient (Wildman–Crippen LogP) is 3.84. The molecule has 1 unspecified atom stereocenters. The van der Waals surface area contributed by atoms with E-state index in [-0.39, 0.29) is 5.91 Å². The first-order valence-electron chi connectivity index (χ1n) is 6.13. The van der Waals surface area contributed by atoms with E-state index in [9.17, 15) is 4.79 Å². The van der Waals surface area contributed by atoms with E-state index in [1.165, 1.54) is 12.8 Å². The molecule has 0 aliphatic carbocycles. The van der Waals surface area contributed by atoms with Crippen molar-refractivity contribution in [2.45, 2.75) is 38.6 Å². The van der Waals surface area contributed by atoms with E-state index in [0.29, 0.717) is 6.04 Å². The Balaban J connectivity index is 2.18. The Kier molecular flexibility index (Phi) is 4.62. The zero-order valence-electron chi connectivity index (χ0n) is 10.1. The zero-order chi connectivity index (χ0) is 12.3. The van der Waals surface area contributed by atoms with Crippen molar-refractivity contribution in [1.82, 2.24) is 4.90 Å². The molecular formula is C13H18BrNOS. The largest absolute Gasteiger partial charge is 0.335 e. The molecule has 94 valence electrons. The minimum Gasteiger partial charge on any atom is -0.335 e. The van der Waals surface area contributed by atoms with Crippen LogP contribution in [0.25, 0.3) is 0 Å². The second-order valence-corrected chi connectivity index (χ2v) is 6.02. The number of carbonyl (C=O) groups is 1. The molecule has 1 atom stereocenters. The highest BCUT2D eigenvalue weighted by Crippen LogP contribution is 2.23. The molecule has 0 saturated carbocycles. The van der Waals surface area contributed by atoms with Gasteiger partial charge in [0.25, 0.3) is 5.91 Å². The lowest BCUT2D eigenvalue weighted by Gasteiger charge is -2.28. The van der Waals surface area contributed by atoms with Gasteiger partial charge in [-0.1, -0.05) is 28.8 Å². The molecule has 1 aromatic rings. The molecule has 17 heavy (non-hydrogen) atoms. The third kappa shape index (κ3) is 2.91. The predicted molar refractivity (Wildman–Crippen MR) is 76.1 cm³/mol. The van der Waals surface area contributed by atoms with Gasteiger partial charge in [0.1, 0.15) is 0 Å². The minimum absolute atomic E-state index is 0.218. The molecule has 0 aromatic carbocycles. The van der Waals surface area contributed by atoms with Crippen molar-refractivity contribution in [3.8, 4) is 0 Å². The van der Waals surface area contributed by atoms with E-state index in [1.54, 1.807) is 11.3 Å². The summed E-state index contributed by atoms with van der Waals surface area (Å²) in [6.45, 7) is 2.93. The maximum atomic E-state index is 12.5. The van der Waals surface area contributed by atoms with Crippen LogP contribution in [0.15, 0.2) is 10.8 Å². The van der Waals surface area contributed by atoms with Crippen molar-refractivity contribution in [2.24, 2.45) is 0 Å². The summed E-state index contributed by atoms with van der Waals surface area (Å²) in [5, 5.41) is 4.92. The van der Waals surface area contributed by atoms with Crippen LogP contribution < -0.4 is 0 Å². The number of alkyl halides is 1. The van der Waals surface area contributed by atoms with Gasteiger partial charge in [0, 0.05) is 23.3 Å². The number of hydrogen-bond donors (Lipinski definition) is 0. The van der Waals surface area contributed by atoms with E-state index in [1.807, 2.05) is 17.7 Å². The van der Waals surface area contributed by atoms with Gasteiger partial charge in [-0.3, -0.25) is 4.79 Å². The molecule has 1 aliphatic rings. The molecule has 1 amide bonds. The smallest absolute Gasteiger partial charge is 0.255 e. The topological polar surface area (TPSA) is 20.3 Å². The SMILES string of the molecule is Cc1cscc1C(=O)N1CCCCCC1CBr. The van der Waals surface area contributed by atoms with Gasteiger partial charge in [-0.25, -0.2) is 0 Å². The molecule has 1 aromatic heterocycles. The highest BCUT2D eigenvalue weighted by molar-refractivity contribution is 9.09. The number of likely N-dealkylation sites (tertiary alicyclic amines) is 1. The van der Waals surface area contributed by atoms with Gasteiger partial charge >= 0.3 is 0 Å². The first-order chi connectivity index (χ1) is 8.24. The Morgan fingerprint density at radius 1 is 1.47 bits per heavy atom. The quantitative estimate of drug-likeness (QED) is 0.759. The maximum Gasteiger partial charge on any atom is 0.255 e. The summed E-state index contributed by atoms with van der Waals surface area (Å²) in [5.74, 6) is 0.218. The fraction of sp³-hybridized carbons (Fsp3) is 0.615. The fourth-order valence-electron chi connectivity index (χ4n) is 2.34. The van der Waals surface area contributed by atoms with Gasteiger partial charge in [-0.05, 0) is 30.7 Å². The molecule has 1 saturated heterocycles. The van der Waals surface area contributed by atoms with Crippen molar-refractivity contribution in [1.29, 1.82) is 0 Å². The third-order valence-electron chi connectivity index (χ3n) is 3.40. The second kappa shape index (κ2) is 6.01. The standard InChI is InChI=1S/C13H18BrNOS/c1-10-8-17-9-12(10)13(16)15-6-4-2-3-5-11(15)7-14/h8-9,11H,2-7H2,1H3. The molecule has 2 rings (SSSR count). The second-order valence-electron chi connectivity index (χ2n) is 4.62. The molecule has 0 radical (unpaired) electrons. The lowest BCUT2D eigenvalue weighted by molar-refractivity contribution is 0.0702. The van der Waals surface area contributed by atoms with Crippen molar-refractivity contribution >= 4 is 33.2 Å². The molecule has 0 bridgehead atoms. The Labute approximate surface area is 115 Å². The lowest BCUT2D eigenvalue weighted by Crippen LogP contribution is -2.41. The van der Waals surface area contributed by atoms with Crippen LogP contribution in [0.1, 0.15) is 41.6 Å². The van der Waals surface area contributed by atoms with Gasteiger partial charge in [-0.15, -0.1) is 0 Å². The number of nitrogens with zero attached hydrogens (tertiary/aromatic N) is 1. The average molecular weight is 316 g/mol. The Morgan fingerprint density at radius 3 is 2.94 bits per heavy atom. The average Bonchev–Trinajstić information content (AvgIpc) is 2.64. The number of carbonyl (C=O) groups excluding carboxylic acids is 1. The van der Waals surface area contributed by atoms with Gasteiger partial charge in [-0.2, -0.15) is 11.3 Å². The van der Waals surface area contributed by atoms with Crippen molar-refractivity contribution in [3.63, 3.8) is 0 Å². The Morgan fingerprint density at radius 2 is 2.29 bits per heavy atom. The van der Waals surface area contributed by atoms with Crippen LogP contribution in [0.2, 0.25) is 0 Å². The summed E-state index contributed by atoms with van der Waals surface area (Å²) >= 11 is 5.16. The molecule has 2 heterocycles. The highest BCUT2D eigenvalue weighted by atomic mass is 79.9. The lowest BCUT2D eigenvalue weighted by atomic mass is 10.1. The van der Waals surface area contributed by atoms with E-state index in [4.69, 9.17) is 0 Å². The number of aryl methyl sites for hydroxylation is 1. The van der Waals surface area contributed by atoms with Gasteiger partial charge < -0.3 is 4.90 Å². The number of halogens is 1. The molecule has 1 aliphatic heterocycles. The normalized spacial score (nSPS) is 21.3. The molecule has 0 spiro atoms. The van der Waals surface area contributed by atoms with Crippen LogP contribution in [0.5, 0.6) is 0 Å². The number of thiophene rings is 1. The van der Waals surface area contributed by atoms with Crippen LogP contribution in [0, 0.1) is 6.92 Å². The summed E-state index contributed by atoms with van der Waals surface area (Å²) in [5.41, 5.74) is 2.00. The minimum atomic E-state index is 0.218. The van der Waals surface area contributed by atoms with E-state index in [2.05, 4.69) is 20.8 Å². The van der Waals surface area contributed by atoms with Gasteiger partial charge in [0.15, 0.2) is 0 Å². The van der Waals surface area contributed by atoms with Crippen LogP contribution >= 0.6 is 27.3 Å². The van der Waals surface area contributed by atoms with Crippen LogP contribution in [0.3, 0.4) is 0 Å². The molecule has 2 nitrogen and oxygen atoms in total. The molecular weight excluding hydrogens is 298 g/mol. The highest BCUT2D eigenvalue weighted by Gasteiger charge is 2.26. The van der Waals surface area contributed by atoms with E-state index in [0.717, 1.165) is 35.8 Å². The number of amides is 1. The first-order valence-corrected chi connectivity index (χ1v) is 8.20. The summed E-state index contributed by atoms with van der Waals surface area (Å²) in [7, 11) is 0. The zero-order valence-corrected chi connectivity index (χ0v) is 12.5. The summed E-state index contributed by atoms with van der Waals surface area (Å²) in [6.07, 6.45) is 4.75. The monoisotopic (exact) mass is 315 g/mol. The van der Waals surface area contributed by atoms with Crippen LogP contribution in [-0.2, 0) is 0 Å². The maximum absolute atomic E-state index is 12.5. The van der Waals surface area contributed by atoms with Crippen molar-refractivity contribution in [2.75, 3.05) is 11.9 Å². The Hall–Kier alpha value is -0.350. The molecule has 4 heteroatoms. The van der Waals surface area contributed by atoms with Gasteiger partial charge in [0.2, 0.25) is 0 Å². The molecule has 1 fully saturated rings. The van der Waals surface area contributed by atoms with Crippen LogP contribution in [0.4, 0.5) is 0 Å². The Bertz CT molecular complexity index is 391. The summed E-state index contributed by atoms with van der Waals surface area (Å²) in [6, 6.07) is 0.365. The van der Waals surface area contributed by atoms with Gasteiger partial charge in [0.05, 0.1) is 5.56 Å². The fourth-order valence-corrected chi connectivity index (χ4v) is 3.83. The van der Waals surface area contributed by atoms with E-state index >= 15 is 0 Å².